The molecule has 0 atom stereocenters. The predicted molar refractivity (Wildman–Crippen MR) is 116 cm³/mol. The van der Waals surface area contributed by atoms with Crippen LogP contribution in [0, 0.1) is 6.92 Å². The van der Waals surface area contributed by atoms with Gasteiger partial charge in [-0.15, -0.1) is 11.3 Å². The molecule has 4 heterocycles. The van der Waals surface area contributed by atoms with E-state index < -0.39 is 11.9 Å². The molecule has 0 fully saturated rings. The van der Waals surface area contributed by atoms with Gasteiger partial charge in [-0.3, -0.25) is 9.78 Å². The van der Waals surface area contributed by atoms with Gasteiger partial charge >= 0.3 is 11.9 Å². The van der Waals surface area contributed by atoms with Gasteiger partial charge in [0.2, 0.25) is 5.71 Å². The fourth-order valence-electron chi connectivity index (χ4n) is 3.04. The summed E-state index contributed by atoms with van der Waals surface area (Å²) in [5, 5.41) is 2.79. The second kappa shape index (κ2) is 9.10. The lowest BCUT2D eigenvalue weighted by molar-refractivity contribution is -0.144. The van der Waals surface area contributed by atoms with Gasteiger partial charge in [-0.2, -0.15) is 4.98 Å². The Hall–Kier alpha value is -3.86. The lowest BCUT2D eigenvalue weighted by atomic mass is 10.2. The number of aryl methyl sites for hydroxylation is 1. The summed E-state index contributed by atoms with van der Waals surface area (Å²) in [6.45, 7) is 3.32. The molecule has 32 heavy (non-hydrogen) atoms. The minimum absolute atomic E-state index is 0.00603. The maximum Gasteiger partial charge on any atom is 0.342 e. The smallest absolute Gasteiger partial charge is 0.342 e. The Bertz CT molecular complexity index is 1280. The van der Waals surface area contributed by atoms with Crippen LogP contribution in [0.5, 0.6) is 0 Å². The summed E-state index contributed by atoms with van der Waals surface area (Å²) in [6.07, 6.45) is 1.68. The number of carbonyl (C=O) groups is 2. The average Bonchev–Trinajstić information content (AvgIpc) is 3.37. The molecule has 4 aromatic heterocycles. The summed E-state index contributed by atoms with van der Waals surface area (Å²) in [6, 6.07) is 5.54. The topological polar surface area (TPSA) is 143 Å². The van der Waals surface area contributed by atoms with Crippen LogP contribution in [0.25, 0.3) is 21.8 Å². The van der Waals surface area contributed by atoms with Crippen LogP contribution in [0.4, 0.5) is 5.82 Å². The van der Waals surface area contributed by atoms with E-state index in [2.05, 4.69) is 19.9 Å². The van der Waals surface area contributed by atoms with E-state index in [4.69, 9.17) is 19.6 Å². The number of furan rings is 1. The fraction of sp³-hybridized carbons (Fsp3) is 0.238. The van der Waals surface area contributed by atoms with Crippen LogP contribution in [0.15, 0.2) is 34.2 Å². The number of nitrogens with two attached hydrogens (primary N) is 1. The van der Waals surface area contributed by atoms with E-state index in [0.29, 0.717) is 11.5 Å². The van der Waals surface area contributed by atoms with Crippen LogP contribution in [0.1, 0.15) is 34.6 Å². The molecule has 11 heteroatoms. The Morgan fingerprint density at radius 3 is 2.78 bits per heavy atom. The van der Waals surface area contributed by atoms with Gasteiger partial charge in [0.1, 0.15) is 22.1 Å². The van der Waals surface area contributed by atoms with Crippen molar-refractivity contribution < 1.29 is 23.5 Å². The van der Waals surface area contributed by atoms with Crippen molar-refractivity contribution in [1.29, 1.82) is 0 Å². The van der Waals surface area contributed by atoms with Gasteiger partial charge in [-0.05, 0) is 26.0 Å². The Kier molecular flexibility index (Phi) is 6.08. The maximum atomic E-state index is 12.3. The molecular formula is C21H19N5O5S. The highest BCUT2D eigenvalue weighted by Gasteiger charge is 2.24. The molecular weight excluding hydrogens is 434 g/mol. The Balaban J connectivity index is 1.43. The zero-order valence-electron chi connectivity index (χ0n) is 17.3. The van der Waals surface area contributed by atoms with Crippen LogP contribution < -0.4 is 5.73 Å². The second-order valence-corrected chi connectivity index (χ2v) is 7.51. The number of aromatic nitrogens is 4. The number of esters is 2. The highest BCUT2D eigenvalue weighted by Crippen LogP contribution is 2.29. The summed E-state index contributed by atoms with van der Waals surface area (Å²) in [4.78, 5) is 41.5. The van der Waals surface area contributed by atoms with Gasteiger partial charge in [0, 0.05) is 11.6 Å². The van der Waals surface area contributed by atoms with Crippen molar-refractivity contribution in [3.63, 3.8) is 0 Å². The number of carbonyl (C=O) groups excluding carboxylic acids is 2. The molecule has 0 amide bonds. The van der Waals surface area contributed by atoms with E-state index in [9.17, 15) is 9.59 Å². The Morgan fingerprint density at radius 2 is 2.03 bits per heavy atom. The zero-order valence-corrected chi connectivity index (χ0v) is 18.1. The minimum Gasteiger partial charge on any atom is -0.462 e. The number of nitrogen functional groups attached to an aromatic ring is 1. The van der Waals surface area contributed by atoms with Crippen molar-refractivity contribution in [2.75, 3.05) is 12.3 Å². The second-order valence-electron chi connectivity index (χ2n) is 6.66. The molecule has 4 aromatic rings. The molecule has 2 N–H and O–H groups in total. The van der Waals surface area contributed by atoms with Gasteiger partial charge < -0.3 is 19.6 Å². The van der Waals surface area contributed by atoms with E-state index in [1.54, 1.807) is 25.4 Å². The van der Waals surface area contributed by atoms with E-state index in [1.807, 2.05) is 18.2 Å². The molecule has 0 saturated heterocycles. The van der Waals surface area contributed by atoms with Gasteiger partial charge in [0.05, 0.1) is 29.8 Å². The quantitative estimate of drug-likeness (QED) is 0.414. The third-order valence-electron chi connectivity index (χ3n) is 4.40. The lowest BCUT2D eigenvalue weighted by Crippen LogP contribution is -2.11. The summed E-state index contributed by atoms with van der Waals surface area (Å²) < 4.78 is 15.9. The maximum absolute atomic E-state index is 12.3. The van der Waals surface area contributed by atoms with Crippen LogP contribution in [-0.4, -0.2) is 38.5 Å². The van der Waals surface area contributed by atoms with Crippen molar-refractivity contribution in [3.8, 4) is 10.7 Å². The van der Waals surface area contributed by atoms with Crippen LogP contribution in [-0.2, 0) is 27.3 Å². The number of nitrogens with zero attached hydrogens (tertiary/aromatic N) is 4. The van der Waals surface area contributed by atoms with Crippen LogP contribution >= 0.6 is 11.3 Å². The molecule has 0 spiro atoms. The summed E-state index contributed by atoms with van der Waals surface area (Å²) in [5.41, 5.74) is 7.66. The first-order valence-electron chi connectivity index (χ1n) is 9.70. The highest BCUT2D eigenvalue weighted by atomic mass is 32.1. The number of anilines is 1. The molecule has 0 aliphatic carbocycles. The number of fused-ring (bicyclic) bond motifs is 1. The number of rotatable bonds is 7. The first kappa shape index (κ1) is 21.4. The zero-order chi connectivity index (χ0) is 22.7. The SMILES string of the molecule is CCOC(=O)c1c(C)oc2nc(COC(=O)Cc3csc(-c4ccccn4)n3)nc(N)c12. The largest absolute Gasteiger partial charge is 0.462 e. The van der Waals surface area contributed by atoms with Gasteiger partial charge in [0.15, 0.2) is 12.4 Å². The van der Waals surface area contributed by atoms with E-state index >= 15 is 0 Å². The number of pyridine rings is 1. The first-order chi connectivity index (χ1) is 15.5. The summed E-state index contributed by atoms with van der Waals surface area (Å²) >= 11 is 1.40. The molecule has 0 radical (unpaired) electrons. The normalized spacial score (nSPS) is 10.9. The molecule has 10 nitrogen and oxygen atoms in total. The van der Waals surface area contributed by atoms with Gasteiger partial charge in [0.25, 0.3) is 0 Å². The molecule has 0 aliphatic heterocycles. The minimum atomic E-state index is -0.563. The van der Waals surface area contributed by atoms with Crippen molar-refractivity contribution >= 4 is 40.2 Å². The van der Waals surface area contributed by atoms with E-state index in [0.717, 1.165) is 10.7 Å². The average molecular weight is 453 g/mol. The predicted octanol–water partition coefficient (Wildman–Crippen LogP) is 3.09. The standard InChI is InChI=1S/C21H19N5O5S/c1-3-29-21(28)16-11(2)31-19-17(16)18(22)25-14(26-19)9-30-15(27)8-12-10-32-20(24-12)13-6-4-5-7-23-13/h4-7,10H,3,8-9H2,1-2H3,(H2,22,25,26). The van der Waals surface area contributed by atoms with E-state index in [-0.39, 0.29) is 47.9 Å². The number of ether oxygens (including phenoxy) is 2. The van der Waals surface area contributed by atoms with Crippen molar-refractivity contribution in [1.82, 2.24) is 19.9 Å². The van der Waals surface area contributed by atoms with Gasteiger partial charge in [-0.1, -0.05) is 6.07 Å². The lowest BCUT2D eigenvalue weighted by Gasteiger charge is -2.05. The third kappa shape index (κ3) is 4.42. The van der Waals surface area contributed by atoms with Crippen molar-refractivity contribution in [2.45, 2.75) is 26.9 Å². The van der Waals surface area contributed by atoms with E-state index in [1.165, 1.54) is 11.3 Å². The summed E-state index contributed by atoms with van der Waals surface area (Å²) in [5.74, 6) is -0.541. The number of hydrogen-bond acceptors (Lipinski definition) is 11. The summed E-state index contributed by atoms with van der Waals surface area (Å²) in [7, 11) is 0. The number of hydrogen-bond donors (Lipinski definition) is 1. The Labute approximate surface area is 186 Å². The van der Waals surface area contributed by atoms with Crippen LogP contribution in [0.2, 0.25) is 0 Å². The van der Waals surface area contributed by atoms with Gasteiger partial charge in [-0.25, -0.2) is 14.8 Å². The van der Waals surface area contributed by atoms with Crippen LogP contribution in [0.3, 0.4) is 0 Å². The third-order valence-corrected chi connectivity index (χ3v) is 5.32. The molecule has 0 unspecified atom stereocenters. The van der Waals surface area contributed by atoms with Crippen molar-refractivity contribution in [3.05, 3.63) is 52.6 Å². The fourth-order valence-corrected chi connectivity index (χ4v) is 3.83. The first-order valence-corrected chi connectivity index (χ1v) is 10.6. The molecule has 4 rings (SSSR count). The molecule has 0 aromatic carbocycles. The Morgan fingerprint density at radius 1 is 1.19 bits per heavy atom. The highest BCUT2D eigenvalue weighted by molar-refractivity contribution is 7.13. The molecule has 0 bridgehead atoms. The molecule has 0 saturated carbocycles. The van der Waals surface area contributed by atoms with Crippen molar-refractivity contribution in [2.24, 2.45) is 0 Å². The monoisotopic (exact) mass is 453 g/mol. The number of thiazole rings is 1. The molecule has 164 valence electrons. The molecule has 0 aliphatic rings.